The van der Waals surface area contributed by atoms with Gasteiger partial charge in [-0.15, -0.1) is 0 Å². The third kappa shape index (κ3) is 3.98. The third-order valence-electron chi connectivity index (χ3n) is 3.87. The smallest absolute Gasteiger partial charge is 0.345 e. The lowest BCUT2D eigenvalue weighted by molar-refractivity contribution is 0.482. The van der Waals surface area contributed by atoms with Crippen molar-refractivity contribution in [2.24, 2.45) is 0 Å². The first-order valence-corrected chi connectivity index (χ1v) is 8.48. The lowest BCUT2D eigenvalue weighted by Gasteiger charge is -2.13. The summed E-state index contributed by atoms with van der Waals surface area (Å²) in [5.74, 6) is 0.963. The molecular weight excluding hydrogens is 377 g/mol. The van der Waals surface area contributed by atoms with Crippen LogP contribution in [0, 0.1) is 13.8 Å². The minimum Gasteiger partial charge on any atom is -0.454 e. The number of rotatable bonds is 4. The first-order valence-electron chi connectivity index (χ1n) is 7.73. The molecule has 0 amide bonds. The van der Waals surface area contributed by atoms with Gasteiger partial charge in [-0.3, -0.25) is 9.78 Å². The van der Waals surface area contributed by atoms with E-state index in [0.29, 0.717) is 27.1 Å². The number of hydrogen-bond acceptors (Lipinski definition) is 4. The van der Waals surface area contributed by atoms with Crippen molar-refractivity contribution in [3.8, 4) is 11.5 Å². The van der Waals surface area contributed by atoms with Crippen molar-refractivity contribution in [1.82, 2.24) is 14.8 Å². The molecule has 134 valence electrons. The Kier molecular flexibility index (Phi) is 5.15. The quantitative estimate of drug-likeness (QED) is 0.735. The second-order valence-electron chi connectivity index (χ2n) is 5.83. The Labute approximate surface area is 159 Å². The van der Waals surface area contributed by atoms with E-state index in [1.165, 1.54) is 0 Å². The first kappa shape index (κ1) is 18.2. The van der Waals surface area contributed by atoms with E-state index in [-0.39, 0.29) is 6.54 Å². The van der Waals surface area contributed by atoms with Gasteiger partial charge in [0.25, 0.3) is 5.56 Å². The summed E-state index contributed by atoms with van der Waals surface area (Å²) in [5, 5.41) is 4.40. The van der Waals surface area contributed by atoms with Crippen molar-refractivity contribution in [3.05, 3.63) is 84.1 Å². The van der Waals surface area contributed by atoms with Crippen molar-refractivity contribution in [1.29, 1.82) is 0 Å². The van der Waals surface area contributed by atoms with Crippen LogP contribution in [0.4, 0.5) is 0 Å². The van der Waals surface area contributed by atoms with Crippen molar-refractivity contribution in [3.63, 3.8) is 0 Å². The van der Waals surface area contributed by atoms with Crippen LogP contribution in [0.1, 0.15) is 16.7 Å². The molecule has 1 heterocycles. The van der Waals surface area contributed by atoms with Crippen LogP contribution in [-0.4, -0.2) is 14.8 Å². The maximum absolute atomic E-state index is 11.7. The Hall–Kier alpha value is -2.57. The second kappa shape index (κ2) is 7.35. The van der Waals surface area contributed by atoms with E-state index >= 15 is 0 Å². The van der Waals surface area contributed by atoms with Crippen LogP contribution < -0.4 is 16.0 Å². The molecule has 6 nitrogen and oxygen atoms in total. The SMILES string of the molecule is Cc1ccc(Oc2c(Cl)cc(Cn3ncc(=O)[nH]c3=O)cc2Cl)cc1C. The summed E-state index contributed by atoms with van der Waals surface area (Å²) in [7, 11) is 0. The summed E-state index contributed by atoms with van der Waals surface area (Å²) in [6.07, 6.45) is 1.03. The summed E-state index contributed by atoms with van der Waals surface area (Å²) >= 11 is 12.6. The molecule has 2 aromatic carbocycles. The molecular formula is C18H15Cl2N3O3. The minimum absolute atomic E-state index is 0.110. The Morgan fingerprint density at radius 1 is 1.08 bits per heavy atom. The fourth-order valence-corrected chi connectivity index (χ4v) is 2.97. The molecule has 0 aliphatic carbocycles. The molecule has 0 saturated heterocycles. The summed E-state index contributed by atoms with van der Waals surface area (Å²) in [6.45, 7) is 4.11. The van der Waals surface area contributed by atoms with Gasteiger partial charge >= 0.3 is 5.69 Å². The average molecular weight is 392 g/mol. The fourth-order valence-electron chi connectivity index (χ4n) is 2.36. The van der Waals surface area contributed by atoms with Gasteiger partial charge in [-0.1, -0.05) is 29.3 Å². The molecule has 1 aromatic heterocycles. The molecule has 0 spiro atoms. The standard InChI is InChI=1S/C18H15Cl2N3O3/c1-10-3-4-13(5-11(10)2)26-17-14(19)6-12(7-15(17)20)9-23-18(25)22-16(24)8-21-23/h3-8H,9H2,1-2H3,(H,22,24,25). The molecule has 3 rings (SSSR count). The van der Waals surface area contributed by atoms with Crippen molar-refractivity contribution in [2.75, 3.05) is 0 Å². The van der Waals surface area contributed by atoms with Gasteiger partial charge < -0.3 is 4.74 Å². The zero-order valence-corrected chi connectivity index (χ0v) is 15.6. The minimum atomic E-state index is -0.611. The molecule has 26 heavy (non-hydrogen) atoms. The van der Waals surface area contributed by atoms with Gasteiger partial charge in [0, 0.05) is 0 Å². The van der Waals surface area contributed by atoms with Crippen molar-refractivity contribution in [2.45, 2.75) is 20.4 Å². The van der Waals surface area contributed by atoms with Gasteiger partial charge in [0.1, 0.15) is 11.9 Å². The molecule has 0 fully saturated rings. The van der Waals surface area contributed by atoms with Crippen molar-refractivity contribution >= 4 is 23.2 Å². The van der Waals surface area contributed by atoms with E-state index in [1.54, 1.807) is 12.1 Å². The number of aromatic amines is 1. The summed E-state index contributed by atoms with van der Waals surface area (Å²) in [5.41, 5.74) is 1.73. The van der Waals surface area contributed by atoms with E-state index < -0.39 is 11.2 Å². The van der Waals surface area contributed by atoms with Crippen LogP contribution in [0.25, 0.3) is 0 Å². The molecule has 0 bridgehead atoms. The Morgan fingerprint density at radius 3 is 2.38 bits per heavy atom. The molecule has 8 heteroatoms. The van der Waals surface area contributed by atoms with Gasteiger partial charge in [0.05, 0.1) is 16.6 Å². The zero-order valence-electron chi connectivity index (χ0n) is 14.0. The van der Waals surface area contributed by atoms with Crippen LogP contribution in [0.15, 0.2) is 46.1 Å². The monoisotopic (exact) mass is 391 g/mol. The highest BCUT2D eigenvalue weighted by atomic mass is 35.5. The van der Waals surface area contributed by atoms with Gasteiger partial charge in [-0.25, -0.2) is 9.48 Å². The number of halogens is 2. The number of nitrogens with one attached hydrogen (secondary N) is 1. The number of H-pyrrole nitrogens is 1. The van der Waals surface area contributed by atoms with Gasteiger partial charge in [-0.2, -0.15) is 5.10 Å². The highest BCUT2D eigenvalue weighted by Gasteiger charge is 2.12. The van der Waals surface area contributed by atoms with Crippen LogP contribution in [0.5, 0.6) is 11.5 Å². The molecule has 0 aliphatic rings. The van der Waals surface area contributed by atoms with E-state index in [2.05, 4.69) is 10.1 Å². The summed E-state index contributed by atoms with van der Waals surface area (Å²) < 4.78 is 6.93. The van der Waals surface area contributed by atoms with Crippen LogP contribution in [-0.2, 0) is 6.54 Å². The van der Waals surface area contributed by atoms with Crippen molar-refractivity contribution < 1.29 is 4.74 Å². The zero-order chi connectivity index (χ0) is 18.8. The number of hydrogen-bond donors (Lipinski definition) is 1. The summed E-state index contributed by atoms with van der Waals surface area (Å²) in [4.78, 5) is 25.0. The molecule has 1 N–H and O–H groups in total. The second-order valence-corrected chi connectivity index (χ2v) is 6.65. The summed E-state index contributed by atoms with van der Waals surface area (Å²) in [6, 6.07) is 8.98. The van der Waals surface area contributed by atoms with E-state index in [4.69, 9.17) is 27.9 Å². The predicted octanol–water partition coefficient (Wildman–Crippen LogP) is 3.70. The fraction of sp³-hybridized carbons (Fsp3) is 0.167. The maximum atomic E-state index is 11.7. The number of nitrogens with zero attached hydrogens (tertiary/aromatic N) is 2. The predicted molar refractivity (Wildman–Crippen MR) is 101 cm³/mol. The Bertz CT molecular complexity index is 1070. The molecule has 0 aliphatic heterocycles. The Balaban J connectivity index is 1.89. The largest absolute Gasteiger partial charge is 0.454 e. The first-order chi connectivity index (χ1) is 12.3. The van der Waals surface area contributed by atoms with Crippen LogP contribution in [0.2, 0.25) is 10.0 Å². The lowest BCUT2D eigenvalue weighted by atomic mass is 10.1. The third-order valence-corrected chi connectivity index (χ3v) is 4.43. The van der Waals surface area contributed by atoms with Crippen LogP contribution >= 0.6 is 23.2 Å². The lowest BCUT2D eigenvalue weighted by Crippen LogP contribution is -2.31. The van der Waals surface area contributed by atoms with Gasteiger partial charge in [0.2, 0.25) is 0 Å². The maximum Gasteiger partial charge on any atom is 0.345 e. The highest BCUT2D eigenvalue weighted by Crippen LogP contribution is 2.37. The van der Waals surface area contributed by atoms with Crippen LogP contribution in [0.3, 0.4) is 0 Å². The van der Waals surface area contributed by atoms with E-state index in [0.717, 1.165) is 22.0 Å². The van der Waals surface area contributed by atoms with E-state index in [1.807, 2.05) is 32.0 Å². The Morgan fingerprint density at radius 2 is 1.77 bits per heavy atom. The molecule has 0 saturated carbocycles. The van der Waals surface area contributed by atoms with Gasteiger partial charge in [0.15, 0.2) is 5.75 Å². The molecule has 0 unspecified atom stereocenters. The average Bonchev–Trinajstić information content (AvgIpc) is 2.57. The number of aromatic nitrogens is 3. The molecule has 0 radical (unpaired) electrons. The molecule has 3 aromatic rings. The van der Waals surface area contributed by atoms with E-state index in [9.17, 15) is 9.59 Å². The topological polar surface area (TPSA) is 77.0 Å². The number of ether oxygens (including phenoxy) is 1. The number of aryl methyl sites for hydroxylation is 2. The highest BCUT2D eigenvalue weighted by molar-refractivity contribution is 6.37. The van der Waals surface area contributed by atoms with Gasteiger partial charge in [-0.05, 0) is 54.8 Å². The number of benzene rings is 2. The normalized spacial score (nSPS) is 10.8. The molecule has 0 atom stereocenters.